The van der Waals surface area contributed by atoms with Gasteiger partial charge in [0, 0.05) is 5.56 Å². The molecule has 4 nitrogen and oxygen atoms in total. The van der Waals surface area contributed by atoms with E-state index in [0.29, 0.717) is 5.56 Å². The van der Waals surface area contributed by atoms with E-state index >= 15 is 0 Å². The highest BCUT2D eigenvalue weighted by atomic mass is 16.1. The van der Waals surface area contributed by atoms with Gasteiger partial charge in [-0.1, -0.05) is 45.4 Å². The number of hydrogen-bond donors (Lipinski definition) is 2. The summed E-state index contributed by atoms with van der Waals surface area (Å²) < 4.78 is 0. The third-order valence-corrected chi connectivity index (χ3v) is 1.84. The van der Waals surface area contributed by atoms with E-state index in [4.69, 9.17) is 11.5 Å². The maximum atomic E-state index is 11.4. The Bertz CT molecular complexity index is 394. The van der Waals surface area contributed by atoms with Gasteiger partial charge in [-0.15, -0.1) is 0 Å². The highest BCUT2D eigenvalue weighted by Crippen LogP contribution is 2.11. The fourth-order valence-corrected chi connectivity index (χ4v) is 1.23. The maximum Gasteiger partial charge on any atom is 0.280 e. The third-order valence-electron chi connectivity index (χ3n) is 1.84. The van der Waals surface area contributed by atoms with Gasteiger partial charge in [0.25, 0.3) is 5.91 Å². The molecule has 0 spiro atoms. The molecule has 0 fully saturated rings. The molecule has 0 aromatic heterocycles. The van der Waals surface area contributed by atoms with Crippen molar-refractivity contribution in [1.29, 1.82) is 0 Å². The van der Waals surface area contributed by atoms with Gasteiger partial charge in [-0.25, -0.2) is 0 Å². The lowest BCUT2D eigenvalue weighted by molar-refractivity contribution is 0.100. The molecule has 0 aliphatic heterocycles. The zero-order valence-corrected chi connectivity index (χ0v) is 12.2. The highest BCUT2D eigenvalue weighted by Gasteiger charge is 2.07. The number of amides is 1. The van der Waals surface area contributed by atoms with Gasteiger partial charge in [0.1, 0.15) is 0 Å². The second-order valence-corrected chi connectivity index (χ2v) is 3.16. The third kappa shape index (κ3) is 6.68. The summed E-state index contributed by atoms with van der Waals surface area (Å²) in [6.07, 6.45) is 0. The largest absolute Gasteiger partial charge is 0.370 e. The minimum atomic E-state index is -0.400. The molecular formula is C14H25N3O. The summed E-state index contributed by atoms with van der Waals surface area (Å²) in [5.41, 5.74) is 12.7. The lowest BCUT2D eigenvalue weighted by Crippen LogP contribution is -2.24. The molecule has 0 heterocycles. The van der Waals surface area contributed by atoms with Crippen LogP contribution in [0, 0.1) is 13.8 Å². The van der Waals surface area contributed by atoms with Crippen molar-refractivity contribution in [1.82, 2.24) is 0 Å². The second kappa shape index (κ2) is 10.3. The summed E-state index contributed by atoms with van der Waals surface area (Å²) in [4.78, 5) is 14.9. The van der Waals surface area contributed by atoms with Crippen LogP contribution in [-0.4, -0.2) is 11.9 Å². The second-order valence-electron chi connectivity index (χ2n) is 3.16. The minimum Gasteiger partial charge on any atom is -0.370 e. The zero-order valence-electron chi connectivity index (χ0n) is 12.2. The summed E-state index contributed by atoms with van der Waals surface area (Å²) >= 11 is 0. The van der Waals surface area contributed by atoms with Crippen LogP contribution in [0.1, 0.15) is 49.2 Å². The Morgan fingerprint density at radius 2 is 1.56 bits per heavy atom. The van der Waals surface area contributed by atoms with Crippen LogP contribution in [-0.2, 0) is 0 Å². The quantitative estimate of drug-likeness (QED) is 0.595. The van der Waals surface area contributed by atoms with Gasteiger partial charge in [0.05, 0.1) is 0 Å². The number of carbonyl (C=O) groups excluding carboxylic acids is 1. The standard InChI is InChI=1S/C10H13N3O.2C2H6/c1-6-3-4-8(7(2)5-6)9(14)13-10(11)12;2*1-2/h3-5H,1-2H3,(H4,11,12,13,14);2*1-2H3. The van der Waals surface area contributed by atoms with Crippen molar-refractivity contribution in [2.45, 2.75) is 41.5 Å². The average Bonchev–Trinajstić information content (AvgIpc) is 2.33. The minimum absolute atomic E-state index is 0.213. The summed E-state index contributed by atoms with van der Waals surface area (Å²) in [7, 11) is 0. The topological polar surface area (TPSA) is 81.5 Å². The van der Waals surface area contributed by atoms with Crippen LogP contribution in [0.5, 0.6) is 0 Å². The van der Waals surface area contributed by atoms with Crippen molar-refractivity contribution in [3.05, 3.63) is 34.9 Å². The number of aliphatic imine (C=N–C) groups is 1. The van der Waals surface area contributed by atoms with Gasteiger partial charge in [0.15, 0.2) is 5.96 Å². The first-order valence-corrected chi connectivity index (χ1v) is 6.22. The van der Waals surface area contributed by atoms with Crippen LogP contribution >= 0.6 is 0 Å². The zero-order chi connectivity index (χ0) is 14.7. The maximum absolute atomic E-state index is 11.4. The molecule has 1 rings (SSSR count). The van der Waals surface area contributed by atoms with E-state index in [-0.39, 0.29) is 5.96 Å². The van der Waals surface area contributed by atoms with Crippen molar-refractivity contribution in [2.24, 2.45) is 16.5 Å². The predicted molar refractivity (Wildman–Crippen MR) is 78.8 cm³/mol. The van der Waals surface area contributed by atoms with Crippen molar-refractivity contribution >= 4 is 11.9 Å². The van der Waals surface area contributed by atoms with Gasteiger partial charge in [-0.2, -0.15) is 4.99 Å². The van der Waals surface area contributed by atoms with Crippen molar-refractivity contribution in [3.63, 3.8) is 0 Å². The summed E-state index contributed by atoms with van der Waals surface area (Å²) in [5, 5.41) is 0. The van der Waals surface area contributed by atoms with E-state index in [9.17, 15) is 4.79 Å². The number of hydrogen-bond acceptors (Lipinski definition) is 1. The van der Waals surface area contributed by atoms with E-state index in [2.05, 4.69) is 4.99 Å². The molecule has 0 aliphatic carbocycles. The van der Waals surface area contributed by atoms with E-state index in [1.165, 1.54) is 0 Å². The molecule has 0 saturated heterocycles. The van der Waals surface area contributed by atoms with Crippen molar-refractivity contribution in [3.8, 4) is 0 Å². The highest BCUT2D eigenvalue weighted by molar-refractivity contribution is 6.02. The average molecular weight is 251 g/mol. The molecule has 0 radical (unpaired) electrons. The Labute approximate surface area is 110 Å². The monoisotopic (exact) mass is 251 g/mol. The van der Waals surface area contributed by atoms with Crippen molar-refractivity contribution < 1.29 is 4.79 Å². The molecule has 1 aromatic rings. The Kier molecular flexibility index (Phi) is 10.6. The van der Waals surface area contributed by atoms with Gasteiger partial charge in [-0.05, 0) is 25.5 Å². The molecule has 0 bridgehead atoms. The van der Waals surface area contributed by atoms with Crippen LogP contribution in [0.3, 0.4) is 0 Å². The molecular weight excluding hydrogens is 226 g/mol. The number of guanidine groups is 1. The van der Waals surface area contributed by atoms with E-state index in [1.54, 1.807) is 6.07 Å². The summed E-state index contributed by atoms with van der Waals surface area (Å²) in [6.45, 7) is 11.8. The number of aryl methyl sites for hydroxylation is 2. The molecule has 4 N–H and O–H groups in total. The summed E-state index contributed by atoms with van der Waals surface area (Å²) in [6, 6.07) is 5.48. The SMILES string of the molecule is CC.CC.Cc1ccc(C(=O)N=C(N)N)c(C)c1. The first-order valence-electron chi connectivity index (χ1n) is 6.22. The van der Waals surface area contributed by atoms with Gasteiger partial charge in [0.2, 0.25) is 0 Å². The number of nitrogens with two attached hydrogens (primary N) is 2. The number of nitrogens with zero attached hydrogens (tertiary/aromatic N) is 1. The first-order chi connectivity index (χ1) is 8.50. The lowest BCUT2D eigenvalue weighted by Gasteiger charge is -2.02. The van der Waals surface area contributed by atoms with Crippen LogP contribution in [0.25, 0.3) is 0 Å². The van der Waals surface area contributed by atoms with Crippen LogP contribution in [0.15, 0.2) is 23.2 Å². The molecule has 0 unspecified atom stereocenters. The molecule has 1 amide bonds. The Balaban J connectivity index is 0. The van der Waals surface area contributed by atoms with Gasteiger partial charge in [-0.3, -0.25) is 4.79 Å². The normalized spacial score (nSPS) is 8.11. The number of rotatable bonds is 1. The van der Waals surface area contributed by atoms with E-state index in [0.717, 1.165) is 11.1 Å². The van der Waals surface area contributed by atoms with E-state index in [1.807, 2.05) is 53.7 Å². The Morgan fingerprint density at radius 3 is 1.94 bits per heavy atom. The molecule has 18 heavy (non-hydrogen) atoms. The van der Waals surface area contributed by atoms with E-state index < -0.39 is 5.91 Å². The molecule has 4 heteroatoms. The molecule has 102 valence electrons. The number of carbonyl (C=O) groups is 1. The van der Waals surface area contributed by atoms with Crippen LogP contribution in [0.4, 0.5) is 0 Å². The Morgan fingerprint density at radius 1 is 1.06 bits per heavy atom. The fourth-order valence-electron chi connectivity index (χ4n) is 1.23. The van der Waals surface area contributed by atoms with Crippen molar-refractivity contribution in [2.75, 3.05) is 0 Å². The lowest BCUT2D eigenvalue weighted by atomic mass is 10.1. The van der Waals surface area contributed by atoms with Crippen LogP contribution in [0.2, 0.25) is 0 Å². The molecule has 0 aliphatic rings. The van der Waals surface area contributed by atoms with Gasteiger partial charge < -0.3 is 11.5 Å². The fraction of sp³-hybridized carbons (Fsp3) is 0.429. The molecule has 0 atom stereocenters. The first kappa shape index (κ1) is 18.5. The van der Waals surface area contributed by atoms with Gasteiger partial charge >= 0.3 is 0 Å². The predicted octanol–water partition coefficient (Wildman–Crippen LogP) is 2.77. The summed E-state index contributed by atoms with van der Waals surface area (Å²) in [5.74, 6) is -0.613. The smallest absolute Gasteiger partial charge is 0.280 e. The molecule has 0 saturated carbocycles. The number of benzene rings is 1. The molecule has 1 aromatic carbocycles. The van der Waals surface area contributed by atoms with Crippen LogP contribution < -0.4 is 11.5 Å². The Hall–Kier alpha value is -1.84.